The molecule has 4 heteroatoms. The van der Waals surface area contributed by atoms with Gasteiger partial charge in [0.15, 0.2) is 0 Å². The lowest BCUT2D eigenvalue weighted by molar-refractivity contribution is 0.471. The largest absolute Gasteiger partial charge is 0.328 e. The molecule has 0 saturated heterocycles. The van der Waals surface area contributed by atoms with Crippen molar-refractivity contribution in [2.24, 2.45) is 0 Å². The summed E-state index contributed by atoms with van der Waals surface area (Å²) in [5.74, 6) is 2.54. The van der Waals surface area contributed by atoms with Crippen LogP contribution in [0.25, 0.3) is 0 Å². The van der Waals surface area contributed by atoms with Crippen molar-refractivity contribution in [1.82, 2.24) is 0 Å². The zero-order valence-corrected chi connectivity index (χ0v) is 6.86. The van der Waals surface area contributed by atoms with Crippen molar-refractivity contribution in [3.05, 3.63) is 0 Å². The first-order valence-electron chi connectivity index (χ1n) is 2.92. The van der Waals surface area contributed by atoms with E-state index in [2.05, 4.69) is 16.2 Å². The fourth-order valence-electron chi connectivity index (χ4n) is 0.281. The van der Waals surface area contributed by atoms with Gasteiger partial charge in [-0.05, 0) is 6.42 Å². The van der Waals surface area contributed by atoms with E-state index in [1.54, 1.807) is 0 Å². The van der Waals surface area contributed by atoms with Crippen molar-refractivity contribution in [1.29, 1.82) is 0 Å². The van der Waals surface area contributed by atoms with Gasteiger partial charge in [0, 0.05) is 6.42 Å². The van der Waals surface area contributed by atoms with Crippen LogP contribution in [-0.2, 0) is 14.3 Å². The summed E-state index contributed by atoms with van der Waals surface area (Å²) in [6, 6.07) is 0. The van der Waals surface area contributed by atoms with Crippen molar-refractivity contribution in [3.63, 3.8) is 0 Å². The number of rotatable bonds is 2. The average Bonchev–Trinajstić information content (AvgIpc) is 1.78. The van der Waals surface area contributed by atoms with Gasteiger partial charge in [0.25, 0.3) is 0 Å². The highest BCUT2D eigenvalue weighted by Gasteiger charge is 1.94. The molecule has 0 saturated carbocycles. The molecule has 0 rings (SSSR count). The van der Waals surface area contributed by atoms with E-state index >= 15 is 0 Å². The SMILES string of the molecule is CCCC#COS(C)(=O)=O. The van der Waals surface area contributed by atoms with E-state index in [4.69, 9.17) is 0 Å². The summed E-state index contributed by atoms with van der Waals surface area (Å²) >= 11 is 0. The molecule has 0 bridgehead atoms. The molecule has 0 amide bonds. The Bertz CT molecular complexity index is 229. The zero-order valence-electron chi connectivity index (χ0n) is 6.05. The first-order valence-corrected chi connectivity index (χ1v) is 4.74. The van der Waals surface area contributed by atoms with Gasteiger partial charge in [-0.1, -0.05) is 12.8 Å². The Morgan fingerprint density at radius 1 is 1.50 bits per heavy atom. The summed E-state index contributed by atoms with van der Waals surface area (Å²) < 4.78 is 24.7. The molecule has 0 aliphatic heterocycles. The van der Waals surface area contributed by atoms with Crippen molar-refractivity contribution >= 4 is 10.1 Å². The quantitative estimate of drug-likeness (QED) is 0.444. The lowest BCUT2D eigenvalue weighted by Gasteiger charge is -1.87. The molecule has 0 aliphatic rings. The minimum atomic E-state index is -3.38. The maximum atomic E-state index is 10.3. The van der Waals surface area contributed by atoms with Gasteiger partial charge in [-0.25, -0.2) is 0 Å². The van der Waals surface area contributed by atoms with Crippen LogP contribution in [0.1, 0.15) is 19.8 Å². The second kappa shape index (κ2) is 4.18. The Balaban J connectivity index is 3.68. The Labute approximate surface area is 61.5 Å². The van der Waals surface area contributed by atoms with E-state index in [0.29, 0.717) is 6.42 Å². The average molecular weight is 162 g/mol. The van der Waals surface area contributed by atoms with Crippen LogP contribution >= 0.6 is 0 Å². The molecule has 0 atom stereocenters. The molecule has 0 heterocycles. The fourth-order valence-corrected chi connectivity index (χ4v) is 0.491. The molecule has 0 fully saturated rings. The Kier molecular flexibility index (Phi) is 3.89. The minimum Gasteiger partial charge on any atom is -0.328 e. The van der Waals surface area contributed by atoms with Gasteiger partial charge >= 0.3 is 10.1 Å². The number of unbranched alkanes of at least 4 members (excludes halogenated alkanes) is 1. The smallest absolute Gasteiger partial charge is 0.314 e. The first-order chi connectivity index (χ1) is 4.56. The normalized spacial score (nSPS) is 9.80. The van der Waals surface area contributed by atoms with Gasteiger partial charge < -0.3 is 4.18 Å². The molecule has 0 aromatic rings. The van der Waals surface area contributed by atoms with E-state index in [1.807, 2.05) is 6.92 Å². The Morgan fingerprint density at radius 2 is 2.10 bits per heavy atom. The molecule has 0 aromatic heterocycles. The third kappa shape index (κ3) is 7.31. The summed E-state index contributed by atoms with van der Waals surface area (Å²) in [7, 11) is -3.38. The van der Waals surface area contributed by atoms with E-state index in [-0.39, 0.29) is 0 Å². The first kappa shape index (κ1) is 9.31. The van der Waals surface area contributed by atoms with E-state index in [9.17, 15) is 8.42 Å². The van der Waals surface area contributed by atoms with E-state index < -0.39 is 10.1 Å². The monoisotopic (exact) mass is 162 g/mol. The van der Waals surface area contributed by atoms with Crippen LogP contribution in [0.2, 0.25) is 0 Å². The minimum absolute atomic E-state index is 0.662. The van der Waals surface area contributed by atoms with Crippen LogP contribution in [-0.4, -0.2) is 14.7 Å². The summed E-state index contributed by atoms with van der Waals surface area (Å²) in [6.45, 7) is 1.95. The Morgan fingerprint density at radius 3 is 2.50 bits per heavy atom. The molecule has 0 aromatic carbocycles. The highest BCUT2D eigenvalue weighted by Crippen LogP contribution is 1.85. The van der Waals surface area contributed by atoms with Crippen molar-refractivity contribution in [3.8, 4) is 12.0 Å². The van der Waals surface area contributed by atoms with Crippen LogP contribution < -0.4 is 0 Å². The van der Waals surface area contributed by atoms with Crippen LogP contribution in [0.15, 0.2) is 0 Å². The molecule has 0 spiro atoms. The maximum Gasteiger partial charge on any atom is 0.314 e. The lowest BCUT2D eigenvalue weighted by Crippen LogP contribution is -1.96. The predicted molar refractivity (Wildman–Crippen MR) is 38.6 cm³/mol. The molecule has 3 nitrogen and oxygen atoms in total. The molecular formula is C6H10O3S. The van der Waals surface area contributed by atoms with Crippen LogP contribution in [0, 0.1) is 12.0 Å². The van der Waals surface area contributed by atoms with Gasteiger partial charge in [-0.2, -0.15) is 8.42 Å². The molecule has 0 aliphatic carbocycles. The van der Waals surface area contributed by atoms with Crippen molar-refractivity contribution in [2.45, 2.75) is 19.8 Å². The van der Waals surface area contributed by atoms with E-state index in [1.165, 1.54) is 0 Å². The van der Waals surface area contributed by atoms with Gasteiger partial charge in [0.05, 0.1) is 6.26 Å². The molecule has 58 valence electrons. The van der Waals surface area contributed by atoms with Gasteiger partial charge in [0.1, 0.15) is 6.11 Å². The van der Waals surface area contributed by atoms with Crippen LogP contribution in [0.5, 0.6) is 0 Å². The van der Waals surface area contributed by atoms with Crippen LogP contribution in [0.3, 0.4) is 0 Å². The molecular weight excluding hydrogens is 152 g/mol. The molecule has 10 heavy (non-hydrogen) atoms. The molecule has 0 N–H and O–H groups in total. The summed E-state index contributed by atoms with van der Waals surface area (Å²) in [4.78, 5) is 0. The maximum absolute atomic E-state index is 10.3. The zero-order chi connectivity index (χ0) is 8.04. The second-order valence-corrected chi connectivity index (χ2v) is 3.39. The van der Waals surface area contributed by atoms with Gasteiger partial charge in [-0.15, -0.1) is 0 Å². The third-order valence-corrected chi connectivity index (χ3v) is 1.03. The van der Waals surface area contributed by atoms with Crippen molar-refractivity contribution in [2.75, 3.05) is 6.26 Å². The Hall–Kier alpha value is -0.690. The standard InChI is InChI=1S/C6H10O3S/c1-3-4-5-6-9-10(2,7)8/h3-4H2,1-2H3. The second-order valence-electron chi connectivity index (χ2n) is 1.82. The van der Waals surface area contributed by atoms with Gasteiger partial charge in [0.2, 0.25) is 0 Å². The highest BCUT2D eigenvalue weighted by molar-refractivity contribution is 7.86. The summed E-state index contributed by atoms with van der Waals surface area (Å²) in [5.41, 5.74) is 0. The third-order valence-electron chi connectivity index (χ3n) is 0.640. The summed E-state index contributed by atoms with van der Waals surface area (Å²) in [5, 5.41) is 0. The van der Waals surface area contributed by atoms with Crippen molar-refractivity contribution < 1.29 is 12.6 Å². The molecule has 0 radical (unpaired) electrons. The number of hydrogen-bond acceptors (Lipinski definition) is 3. The van der Waals surface area contributed by atoms with Gasteiger partial charge in [-0.3, -0.25) is 0 Å². The molecule has 0 unspecified atom stereocenters. The lowest BCUT2D eigenvalue weighted by atomic mass is 10.4. The fraction of sp³-hybridized carbons (Fsp3) is 0.667. The predicted octanol–water partition coefficient (Wildman–Crippen LogP) is 0.724. The topological polar surface area (TPSA) is 43.4 Å². The summed E-state index contributed by atoms with van der Waals surface area (Å²) in [6.07, 6.45) is 4.62. The highest BCUT2D eigenvalue weighted by atomic mass is 32.2. The van der Waals surface area contributed by atoms with Crippen LogP contribution in [0.4, 0.5) is 0 Å². The van der Waals surface area contributed by atoms with E-state index in [0.717, 1.165) is 12.7 Å². The number of hydrogen-bond donors (Lipinski definition) is 0.